The molecule has 22 heavy (non-hydrogen) atoms. The Labute approximate surface area is 131 Å². The normalized spacial score (nSPS) is 18.9. The second kappa shape index (κ2) is 6.12. The Morgan fingerprint density at radius 2 is 2.14 bits per heavy atom. The summed E-state index contributed by atoms with van der Waals surface area (Å²) in [5.74, 6) is 1.54. The molecule has 0 spiro atoms. The highest BCUT2D eigenvalue weighted by Gasteiger charge is 2.28. The largest absolute Gasteiger partial charge is 0.416 e. The monoisotopic (exact) mass is 304 g/mol. The number of rotatable bonds is 2. The molecule has 120 valence electrons. The first kappa shape index (κ1) is 15.1. The molecule has 0 aliphatic carbocycles. The van der Waals surface area contributed by atoms with Crippen molar-refractivity contribution in [1.82, 2.24) is 19.8 Å². The Hall–Kier alpha value is -1.82. The van der Waals surface area contributed by atoms with Crippen LogP contribution < -0.4 is 5.32 Å². The number of piperidine rings is 1. The van der Waals surface area contributed by atoms with Crippen LogP contribution in [0.5, 0.6) is 0 Å². The number of carbonyl (C=O) groups is 1. The number of fused-ring (bicyclic) bond motifs is 1. The minimum atomic E-state index is -0.278. The van der Waals surface area contributed by atoms with E-state index in [1.807, 2.05) is 0 Å². The summed E-state index contributed by atoms with van der Waals surface area (Å²) in [6.07, 6.45) is 2.65. The molecule has 0 unspecified atom stereocenters. The molecule has 3 heterocycles. The lowest BCUT2D eigenvalue weighted by Crippen LogP contribution is -2.39. The van der Waals surface area contributed by atoms with Gasteiger partial charge in [-0.05, 0) is 26.7 Å². The zero-order valence-corrected chi connectivity index (χ0v) is 13.4. The third-order valence-corrected chi connectivity index (χ3v) is 4.45. The van der Waals surface area contributed by atoms with Gasteiger partial charge in [0.25, 0.3) is 0 Å². The van der Waals surface area contributed by atoms with Crippen molar-refractivity contribution in [3.05, 3.63) is 29.6 Å². The second-order valence-corrected chi connectivity index (χ2v) is 6.14. The Balaban J connectivity index is 1.68. The van der Waals surface area contributed by atoms with Crippen molar-refractivity contribution in [2.75, 3.05) is 19.6 Å². The third-order valence-electron chi connectivity index (χ3n) is 4.45. The summed E-state index contributed by atoms with van der Waals surface area (Å²) in [6.45, 7) is 10.7. The van der Waals surface area contributed by atoms with Crippen LogP contribution in [0.4, 0.5) is 4.79 Å². The first-order chi connectivity index (χ1) is 10.6. The summed E-state index contributed by atoms with van der Waals surface area (Å²) >= 11 is 0. The molecule has 0 radical (unpaired) electrons. The summed E-state index contributed by atoms with van der Waals surface area (Å²) in [5.41, 5.74) is 2.56. The van der Waals surface area contributed by atoms with E-state index in [4.69, 9.17) is 9.72 Å². The van der Waals surface area contributed by atoms with Gasteiger partial charge in [0.2, 0.25) is 0 Å². The summed E-state index contributed by atoms with van der Waals surface area (Å²) in [7, 11) is 0. The predicted octanol–water partition coefficient (Wildman–Crippen LogP) is 2.14. The van der Waals surface area contributed by atoms with Crippen molar-refractivity contribution in [3.63, 3.8) is 0 Å². The number of ether oxygens (including phenoxy) is 1. The smallest absolute Gasteiger partial charge is 0.414 e. The lowest BCUT2D eigenvalue weighted by Gasteiger charge is -2.33. The van der Waals surface area contributed by atoms with E-state index in [-0.39, 0.29) is 6.09 Å². The highest BCUT2D eigenvalue weighted by atomic mass is 16.6. The molecule has 2 aliphatic rings. The van der Waals surface area contributed by atoms with Crippen molar-refractivity contribution < 1.29 is 9.53 Å². The average Bonchev–Trinajstić information content (AvgIpc) is 2.82. The van der Waals surface area contributed by atoms with Crippen LogP contribution in [-0.4, -0.2) is 40.2 Å². The van der Waals surface area contributed by atoms with Gasteiger partial charge in [0.15, 0.2) is 0 Å². The van der Waals surface area contributed by atoms with Crippen molar-refractivity contribution in [1.29, 1.82) is 0 Å². The molecule has 0 bridgehead atoms. The summed E-state index contributed by atoms with van der Waals surface area (Å²) in [6, 6.07) is 0.434. The number of hydrogen-bond donors (Lipinski definition) is 1. The first-order valence-corrected chi connectivity index (χ1v) is 7.96. The summed E-state index contributed by atoms with van der Waals surface area (Å²) in [4.78, 5) is 18.4. The van der Waals surface area contributed by atoms with Crippen LogP contribution in [0.2, 0.25) is 0 Å². The van der Waals surface area contributed by atoms with E-state index in [0.717, 1.165) is 51.3 Å². The van der Waals surface area contributed by atoms with Gasteiger partial charge < -0.3 is 19.5 Å². The fourth-order valence-corrected chi connectivity index (χ4v) is 3.47. The van der Waals surface area contributed by atoms with E-state index in [9.17, 15) is 4.79 Å². The molecule has 0 aromatic carbocycles. The van der Waals surface area contributed by atoms with Gasteiger partial charge in [-0.25, -0.2) is 9.78 Å². The predicted molar refractivity (Wildman–Crippen MR) is 83.5 cm³/mol. The van der Waals surface area contributed by atoms with E-state index >= 15 is 0 Å². The SMILES string of the molecule is C=C(C)OC(=O)N1CCC(n2c(C)nc3c2CCNC3)CC1. The van der Waals surface area contributed by atoms with Crippen LogP contribution in [0.25, 0.3) is 0 Å². The van der Waals surface area contributed by atoms with Crippen LogP contribution in [-0.2, 0) is 17.7 Å². The zero-order chi connectivity index (χ0) is 15.7. The molecule has 1 aromatic heterocycles. The van der Waals surface area contributed by atoms with Gasteiger partial charge >= 0.3 is 6.09 Å². The maximum absolute atomic E-state index is 11.9. The Morgan fingerprint density at radius 3 is 2.82 bits per heavy atom. The molecule has 1 aromatic rings. The molecule has 6 nitrogen and oxygen atoms in total. The van der Waals surface area contributed by atoms with Crippen molar-refractivity contribution in [2.24, 2.45) is 0 Å². The molecular formula is C16H24N4O2. The van der Waals surface area contributed by atoms with E-state index in [1.54, 1.807) is 11.8 Å². The lowest BCUT2D eigenvalue weighted by atomic mass is 10.0. The molecule has 2 aliphatic heterocycles. The highest BCUT2D eigenvalue weighted by Crippen LogP contribution is 2.28. The van der Waals surface area contributed by atoms with Gasteiger partial charge in [0, 0.05) is 44.3 Å². The van der Waals surface area contributed by atoms with Crippen LogP contribution in [0, 0.1) is 6.92 Å². The number of aryl methyl sites for hydroxylation is 1. The minimum absolute atomic E-state index is 0.278. The quantitative estimate of drug-likeness (QED) is 0.851. The number of hydrogen-bond acceptors (Lipinski definition) is 4. The standard InChI is InChI=1S/C16H24N4O2/c1-11(2)22-16(21)19-8-5-13(6-9-19)20-12(3)18-14-10-17-7-4-15(14)20/h13,17H,1,4-10H2,2-3H3. The maximum atomic E-state index is 11.9. The number of likely N-dealkylation sites (tertiary alicyclic amines) is 1. The Kier molecular flexibility index (Phi) is 4.20. The third kappa shape index (κ3) is 2.88. The fourth-order valence-electron chi connectivity index (χ4n) is 3.47. The first-order valence-electron chi connectivity index (χ1n) is 7.96. The fraction of sp³-hybridized carbons (Fsp3) is 0.625. The van der Waals surface area contributed by atoms with E-state index in [1.165, 1.54) is 11.4 Å². The van der Waals surface area contributed by atoms with Crippen LogP contribution >= 0.6 is 0 Å². The number of nitrogens with one attached hydrogen (secondary N) is 1. The van der Waals surface area contributed by atoms with Gasteiger partial charge in [-0.1, -0.05) is 6.58 Å². The maximum Gasteiger partial charge on any atom is 0.414 e. The zero-order valence-electron chi connectivity index (χ0n) is 13.4. The van der Waals surface area contributed by atoms with Crippen molar-refractivity contribution >= 4 is 6.09 Å². The molecule has 1 saturated heterocycles. The van der Waals surface area contributed by atoms with Crippen LogP contribution in [0.1, 0.15) is 43.0 Å². The lowest BCUT2D eigenvalue weighted by molar-refractivity contribution is 0.111. The highest BCUT2D eigenvalue weighted by molar-refractivity contribution is 5.68. The second-order valence-electron chi connectivity index (χ2n) is 6.14. The van der Waals surface area contributed by atoms with Gasteiger partial charge in [-0.2, -0.15) is 0 Å². The van der Waals surface area contributed by atoms with Crippen LogP contribution in [0.15, 0.2) is 12.3 Å². The molecule has 0 atom stereocenters. The van der Waals surface area contributed by atoms with Crippen molar-refractivity contribution in [2.45, 2.75) is 45.7 Å². The number of carbonyl (C=O) groups excluding carboxylic acids is 1. The Bertz CT molecular complexity index is 585. The summed E-state index contributed by atoms with van der Waals surface area (Å²) < 4.78 is 7.50. The van der Waals surface area contributed by atoms with Gasteiger partial charge in [-0.15, -0.1) is 0 Å². The van der Waals surface area contributed by atoms with Gasteiger partial charge in [-0.3, -0.25) is 0 Å². The molecule has 1 fully saturated rings. The molecule has 1 amide bonds. The molecule has 1 N–H and O–H groups in total. The molecule has 0 saturated carbocycles. The van der Waals surface area contributed by atoms with E-state index in [0.29, 0.717) is 11.8 Å². The molecule has 6 heteroatoms. The van der Waals surface area contributed by atoms with Gasteiger partial charge in [0.05, 0.1) is 11.5 Å². The average molecular weight is 304 g/mol. The van der Waals surface area contributed by atoms with Gasteiger partial charge in [0.1, 0.15) is 5.82 Å². The number of imidazole rings is 1. The van der Waals surface area contributed by atoms with E-state index < -0.39 is 0 Å². The van der Waals surface area contributed by atoms with Crippen LogP contribution in [0.3, 0.4) is 0 Å². The molecular weight excluding hydrogens is 280 g/mol. The number of amides is 1. The topological polar surface area (TPSA) is 59.4 Å². The van der Waals surface area contributed by atoms with E-state index in [2.05, 4.69) is 23.4 Å². The van der Waals surface area contributed by atoms with Crippen molar-refractivity contribution in [3.8, 4) is 0 Å². The Morgan fingerprint density at radius 1 is 1.41 bits per heavy atom. The number of allylic oxidation sites excluding steroid dienone is 1. The summed E-state index contributed by atoms with van der Waals surface area (Å²) in [5, 5.41) is 3.37. The minimum Gasteiger partial charge on any atom is -0.416 e. The number of nitrogens with zero attached hydrogens (tertiary/aromatic N) is 3. The number of aromatic nitrogens is 2. The molecule has 3 rings (SSSR count).